The van der Waals surface area contributed by atoms with Crippen LogP contribution in [0.3, 0.4) is 0 Å². The zero-order valence-corrected chi connectivity index (χ0v) is 11.0. The number of hydrogen-bond acceptors (Lipinski definition) is 3. The second kappa shape index (κ2) is 5.78. The minimum Gasteiger partial charge on any atom is -0.507 e. The van der Waals surface area contributed by atoms with Crippen LogP contribution < -0.4 is 4.74 Å². The van der Waals surface area contributed by atoms with Crippen molar-refractivity contribution in [2.75, 3.05) is 7.11 Å². The van der Waals surface area contributed by atoms with Gasteiger partial charge in [0.1, 0.15) is 11.5 Å². The van der Waals surface area contributed by atoms with Crippen molar-refractivity contribution in [3.63, 3.8) is 0 Å². The molecule has 0 aromatic heterocycles. The molecular formula is C15H18O4. The van der Waals surface area contributed by atoms with Crippen LogP contribution in [0.5, 0.6) is 11.5 Å². The number of rotatable bonds is 4. The second-order valence-electron chi connectivity index (χ2n) is 4.77. The van der Waals surface area contributed by atoms with Crippen molar-refractivity contribution in [3.05, 3.63) is 34.9 Å². The van der Waals surface area contributed by atoms with Gasteiger partial charge in [-0.05, 0) is 37.8 Å². The lowest BCUT2D eigenvalue weighted by molar-refractivity contribution is 0.0696. The molecule has 19 heavy (non-hydrogen) atoms. The van der Waals surface area contributed by atoms with Gasteiger partial charge in [0.25, 0.3) is 0 Å². The van der Waals surface area contributed by atoms with Crippen LogP contribution >= 0.6 is 0 Å². The molecule has 0 amide bonds. The molecule has 1 aromatic rings. The highest BCUT2D eigenvalue weighted by atomic mass is 16.5. The average molecular weight is 262 g/mol. The summed E-state index contributed by atoms with van der Waals surface area (Å²) in [6.45, 7) is 0. The van der Waals surface area contributed by atoms with E-state index in [2.05, 4.69) is 6.08 Å². The molecule has 4 heteroatoms. The fraction of sp³-hybridized carbons (Fsp3) is 0.400. The maximum Gasteiger partial charge on any atom is 0.335 e. The van der Waals surface area contributed by atoms with Crippen molar-refractivity contribution in [3.8, 4) is 11.5 Å². The number of carboxylic acid groups (broad SMARTS) is 1. The monoisotopic (exact) mass is 262 g/mol. The van der Waals surface area contributed by atoms with E-state index in [0.717, 1.165) is 12.8 Å². The summed E-state index contributed by atoms with van der Waals surface area (Å²) in [5.41, 5.74) is 1.99. The van der Waals surface area contributed by atoms with Gasteiger partial charge in [-0.25, -0.2) is 4.79 Å². The van der Waals surface area contributed by atoms with Crippen LogP contribution in [-0.4, -0.2) is 23.3 Å². The van der Waals surface area contributed by atoms with Gasteiger partial charge in [-0.15, -0.1) is 0 Å². The molecule has 0 saturated heterocycles. The first-order chi connectivity index (χ1) is 9.11. The first kappa shape index (κ1) is 13.5. The minimum absolute atomic E-state index is 0.0109. The maximum absolute atomic E-state index is 10.9. The molecule has 102 valence electrons. The number of phenolic OH excluding ortho intramolecular Hbond substituents is 1. The Morgan fingerprint density at radius 2 is 2.16 bits per heavy atom. The molecule has 0 saturated carbocycles. The molecule has 0 heterocycles. The number of allylic oxidation sites excluding steroid dienone is 2. The van der Waals surface area contributed by atoms with Gasteiger partial charge in [-0.1, -0.05) is 11.6 Å². The van der Waals surface area contributed by atoms with Crippen LogP contribution in [0, 0.1) is 0 Å². The van der Waals surface area contributed by atoms with Gasteiger partial charge in [0, 0.05) is 12.0 Å². The van der Waals surface area contributed by atoms with Crippen LogP contribution in [0.4, 0.5) is 0 Å². The number of hydrogen-bond donors (Lipinski definition) is 2. The Kier molecular flexibility index (Phi) is 4.10. The smallest absolute Gasteiger partial charge is 0.335 e. The summed E-state index contributed by atoms with van der Waals surface area (Å²) in [5.74, 6) is -0.649. The van der Waals surface area contributed by atoms with Crippen LogP contribution in [0.2, 0.25) is 0 Å². The number of benzene rings is 1. The van der Waals surface area contributed by atoms with Gasteiger partial charge in [0.05, 0.1) is 12.7 Å². The van der Waals surface area contributed by atoms with Crippen molar-refractivity contribution in [2.45, 2.75) is 32.1 Å². The number of aromatic carboxylic acids is 1. The lowest BCUT2D eigenvalue weighted by atomic mass is 9.93. The van der Waals surface area contributed by atoms with Gasteiger partial charge in [-0.3, -0.25) is 0 Å². The lowest BCUT2D eigenvalue weighted by Crippen LogP contribution is -2.02. The van der Waals surface area contributed by atoms with E-state index in [4.69, 9.17) is 9.84 Å². The fourth-order valence-electron chi connectivity index (χ4n) is 2.41. The highest BCUT2D eigenvalue weighted by Crippen LogP contribution is 2.33. The normalized spacial score (nSPS) is 14.9. The van der Waals surface area contributed by atoms with Crippen molar-refractivity contribution in [2.24, 2.45) is 0 Å². The minimum atomic E-state index is -1.07. The van der Waals surface area contributed by atoms with Gasteiger partial charge >= 0.3 is 5.97 Å². The number of ether oxygens (including phenoxy) is 1. The number of aromatic hydroxyl groups is 1. The van der Waals surface area contributed by atoms with Crippen molar-refractivity contribution in [1.29, 1.82) is 0 Å². The average Bonchev–Trinajstić information content (AvgIpc) is 2.41. The molecule has 2 N–H and O–H groups in total. The Labute approximate surface area is 112 Å². The van der Waals surface area contributed by atoms with Gasteiger partial charge < -0.3 is 14.9 Å². The van der Waals surface area contributed by atoms with Gasteiger partial charge in [0.15, 0.2) is 0 Å². The third kappa shape index (κ3) is 3.08. The lowest BCUT2D eigenvalue weighted by Gasteiger charge is -2.16. The molecule has 0 fully saturated rings. The highest BCUT2D eigenvalue weighted by molar-refractivity contribution is 5.89. The van der Waals surface area contributed by atoms with E-state index >= 15 is 0 Å². The Bertz CT molecular complexity index is 517. The summed E-state index contributed by atoms with van der Waals surface area (Å²) < 4.78 is 5.21. The van der Waals surface area contributed by atoms with Crippen molar-refractivity contribution >= 4 is 5.97 Å². The third-order valence-corrected chi connectivity index (χ3v) is 3.44. The first-order valence-electron chi connectivity index (χ1n) is 6.43. The van der Waals surface area contributed by atoms with E-state index in [-0.39, 0.29) is 11.3 Å². The predicted octanol–water partition coefficient (Wildman–Crippen LogP) is 3.14. The third-order valence-electron chi connectivity index (χ3n) is 3.44. The summed E-state index contributed by atoms with van der Waals surface area (Å²) in [6, 6.07) is 2.74. The van der Waals surface area contributed by atoms with Gasteiger partial charge in [0.2, 0.25) is 0 Å². The summed E-state index contributed by atoms with van der Waals surface area (Å²) in [4.78, 5) is 10.9. The molecule has 0 radical (unpaired) electrons. The van der Waals surface area contributed by atoms with E-state index in [1.54, 1.807) is 0 Å². The largest absolute Gasteiger partial charge is 0.507 e. The Morgan fingerprint density at radius 3 is 2.74 bits per heavy atom. The van der Waals surface area contributed by atoms with Crippen molar-refractivity contribution < 1.29 is 19.7 Å². The maximum atomic E-state index is 10.9. The van der Waals surface area contributed by atoms with E-state index in [1.807, 2.05) is 0 Å². The number of carboxylic acids is 1. The summed E-state index contributed by atoms with van der Waals surface area (Å²) in [5, 5.41) is 19.0. The summed E-state index contributed by atoms with van der Waals surface area (Å²) >= 11 is 0. The molecule has 1 aliphatic carbocycles. The number of carbonyl (C=O) groups is 1. The van der Waals surface area contributed by atoms with E-state index in [1.165, 1.54) is 37.7 Å². The Balaban J connectivity index is 2.33. The van der Waals surface area contributed by atoms with Crippen LogP contribution in [0.25, 0.3) is 0 Å². The van der Waals surface area contributed by atoms with Crippen LogP contribution in [0.15, 0.2) is 23.8 Å². The standard InChI is InChI=1S/C15H18O4/c1-19-14-9-11(15(17)18)8-13(16)12(14)7-10-5-3-2-4-6-10/h5,8-9,16H,2-4,6-7H2,1H3,(H,17,18). The fourth-order valence-corrected chi connectivity index (χ4v) is 2.41. The molecule has 2 rings (SSSR count). The molecule has 0 bridgehead atoms. The quantitative estimate of drug-likeness (QED) is 0.818. The van der Waals surface area contributed by atoms with E-state index in [0.29, 0.717) is 17.7 Å². The molecule has 1 aliphatic rings. The number of phenols is 1. The summed E-state index contributed by atoms with van der Waals surface area (Å²) in [7, 11) is 1.49. The van der Waals surface area contributed by atoms with E-state index in [9.17, 15) is 9.90 Å². The predicted molar refractivity (Wildman–Crippen MR) is 71.9 cm³/mol. The SMILES string of the molecule is COc1cc(C(=O)O)cc(O)c1CC1=CCCCC1. The van der Waals surface area contributed by atoms with Gasteiger partial charge in [-0.2, -0.15) is 0 Å². The van der Waals surface area contributed by atoms with E-state index < -0.39 is 5.97 Å². The molecule has 0 spiro atoms. The molecule has 0 atom stereocenters. The second-order valence-corrected chi connectivity index (χ2v) is 4.77. The molecular weight excluding hydrogens is 244 g/mol. The Morgan fingerprint density at radius 1 is 1.37 bits per heavy atom. The first-order valence-corrected chi connectivity index (χ1v) is 6.43. The van der Waals surface area contributed by atoms with Crippen LogP contribution in [-0.2, 0) is 6.42 Å². The zero-order chi connectivity index (χ0) is 13.8. The Hall–Kier alpha value is -1.97. The highest BCUT2D eigenvalue weighted by Gasteiger charge is 2.16. The number of methoxy groups -OCH3 is 1. The summed E-state index contributed by atoms with van der Waals surface area (Å²) in [6.07, 6.45) is 7.31. The van der Waals surface area contributed by atoms with Crippen molar-refractivity contribution in [1.82, 2.24) is 0 Å². The molecule has 0 unspecified atom stereocenters. The zero-order valence-electron chi connectivity index (χ0n) is 11.0. The topological polar surface area (TPSA) is 66.8 Å². The van der Waals surface area contributed by atoms with Crippen LogP contribution in [0.1, 0.15) is 41.6 Å². The molecule has 4 nitrogen and oxygen atoms in total. The molecule has 1 aromatic carbocycles. The molecule has 0 aliphatic heterocycles.